The van der Waals surface area contributed by atoms with Crippen molar-refractivity contribution in [1.29, 1.82) is 0 Å². The predicted molar refractivity (Wildman–Crippen MR) is 87.9 cm³/mol. The lowest BCUT2D eigenvalue weighted by molar-refractivity contribution is 0.100. The van der Waals surface area contributed by atoms with E-state index >= 15 is 0 Å². The summed E-state index contributed by atoms with van der Waals surface area (Å²) in [6.07, 6.45) is 0. The van der Waals surface area contributed by atoms with Crippen molar-refractivity contribution in [2.75, 3.05) is 0 Å². The summed E-state index contributed by atoms with van der Waals surface area (Å²) in [5, 5.41) is 0.0469. The number of carbonyl (C=O) groups excluding carboxylic acids is 1. The summed E-state index contributed by atoms with van der Waals surface area (Å²) in [6.45, 7) is 0. The Kier molecular flexibility index (Phi) is 4.21. The van der Waals surface area contributed by atoms with Crippen LogP contribution >= 0.6 is 0 Å². The van der Waals surface area contributed by atoms with Crippen molar-refractivity contribution in [1.82, 2.24) is 0 Å². The van der Waals surface area contributed by atoms with E-state index in [1.807, 2.05) is 0 Å². The van der Waals surface area contributed by atoms with Gasteiger partial charge in [0.15, 0.2) is 5.96 Å². The maximum Gasteiger partial charge on any atom is 0.336 e. The maximum atomic E-state index is 14.2. The highest BCUT2D eigenvalue weighted by atomic mass is 19.1. The molecule has 6 nitrogen and oxygen atoms in total. The van der Waals surface area contributed by atoms with Crippen LogP contribution in [-0.2, 0) is 0 Å². The van der Waals surface area contributed by atoms with Gasteiger partial charge in [0.05, 0.1) is 5.56 Å². The third kappa shape index (κ3) is 3.14. The van der Waals surface area contributed by atoms with Gasteiger partial charge >= 0.3 is 5.63 Å². The standard InChI is InChI=1S/C17H10F3N3O3/c18-8-4-11(19)15(12(20)5-8)10-6-14(24)26-13-2-1-7(3-9(10)13)16(25)23-17(21)22/h1-6H,(H4,21,22,23,25). The van der Waals surface area contributed by atoms with Crippen LogP contribution in [0.2, 0.25) is 0 Å². The number of rotatable bonds is 2. The van der Waals surface area contributed by atoms with E-state index in [4.69, 9.17) is 15.9 Å². The Morgan fingerprint density at radius 2 is 1.65 bits per heavy atom. The Labute approximate surface area is 143 Å². The van der Waals surface area contributed by atoms with Crippen LogP contribution in [0.5, 0.6) is 0 Å². The van der Waals surface area contributed by atoms with Crippen molar-refractivity contribution in [2.45, 2.75) is 0 Å². The Balaban J connectivity index is 2.34. The molecule has 1 aromatic heterocycles. The summed E-state index contributed by atoms with van der Waals surface area (Å²) in [4.78, 5) is 27.0. The number of benzene rings is 2. The second kappa shape index (κ2) is 6.36. The SMILES string of the molecule is NC(N)=NC(=O)c1ccc2oc(=O)cc(-c3c(F)cc(F)cc3F)c2c1. The summed E-state index contributed by atoms with van der Waals surface area (Å²) >= 11 is 0. The molecule has 0 unspecified atom stereocenters. The number of amides is 1. The Morgan fingerprint density at radius 3 is 2.27 bits per heavy atom. The Morgan fingerprint density at radius 1 is 1.00 bits per heavy atom. The van der Waals surface area contributed by atoms with Crippen LogP contribution in [0.1, 0.15) is 10.4 Å². The first-order chi connectivity index (χ1) is 12.3. The van der Waals surface area contributed by atoms with Gasteiger partial charge in [-0.05, 0) is 18.2 Å². The summed E-state index contributed by atoms with van der Waals surface area (Å²) in [5.74, 6) is -4.81. The fourth-order valence-corrected chi connectivity index (χ4v) is 2.48. The fourth-order valence-electron chi connectivity index (χ4n) is 2.48. The predicted octanol–water partition coefficient (Wildman–Crippen LogP) is 2.29. The van der Waals surface area contributed by atoms with Crippen LogP contribution in [0.4, 0.5) is 13.2 Å². The fraction of sp³-hybridized carbons (Fsp3) is 0. The first-order valence-corrected chi connectivity index (χ1v) is 7.13. The van der Waals surface area contributed by atoms with Gasteiger partial charge < -0.3 is 15.9 Å². The van der Waals surface area contributed by atoms with Crippen LogP contribution < -0.4 is 17.1 Å². The minimum Gasteiger partial charge on any atom is -0.423 e. The number of aliphatic imine (C=N–C) groups is 1. The second-order valence-corrected chi connectivity index (χ2v) is 5.28. The van der Waals surface area contributed by atoms with E-state index in [1.165, 1.54) is 18.2 Å². The largest absolute Gasteiger partial charge is 0.423 e. The summed E-state index contributed by atoms with van der Waals surface area (Å²) < 4.78 is 46.4. The van der Waals surface area contributed by atoms with Crippen molar-refractivity contribution in [3.8, 4) is 11.1 Å². The van der Waals surface area contributed by atoms with Gasteiger partial charge in [-0.25, -0.2) is 18.0 Å². The number of guanidine groups is 1. The monoisotopic (exact) mass is 361 g/mol. The summed E-state index contributed by atoms with van der Waals surface area (Å²) in [7, 11) is 0. The topological polar surface area (TPSA) is 112 Å². The van der Waals surface area contributed by atoms with Gasteiger partial charge in [-0.1, -0.05) is 0 Å². The zero-order valence-corrected chi connectivity index (χ0v) is 12.9. The van der Waals surface area contributed by atoms with Gasteiger partial charge in [-0.2, -0.15) is 4.99 Å². The summed E-state index contributed by atoms with van der Waals surface area (Å²) in [6, 6.07) is 5.55. The van der Waals surface area contributed by atoms with Crippen molar-refractivity contribution in [3.05, 3.63) is 69.8 Å². The van der Waals surface area contributed by atoms with Gasteiger partial charge in [0.1, 0.15) is 23.0 Å². The van der Waals surface area contributed by atoms with Gasteiger partial charge in [0.2, 0.25) is 0 Å². The van der Waals surface area contributed by atoms with Crippen molar-refractivity contribution < 1.29 is 22.4 Å². The molecule has 9 heteroatoms. The normalized spacial score (nSPS) is 10.7. The second-order valence-electron chi connectivity index (χ2n) is 5.28. The van der Waals surface area contributed by atoms with Crippen molar-refractivity contribution in [3.63, 3.8) is 0 Å². The van der Waals surface area contributed by atoms with Crippen LogP contribution in [0.15, 0.2) is 50.6 Å². The number of nitrogens with two attached hydrogens (primary N) is 2. The molecular formula is C17H10F3N3O3. The molecule has 0 aliphatic rings. The van der Waals surface area contributed by atoms with Gasteiger partial charge in [0, 0.05) is 34.7 Å². The number of hydrogen-bond donors (Lipinski definition) is 2. The van der Waals surface area contributed by atoms with Gasteiger partial charge in [-0.15, -0.1) is 0 Å². The number of halogens is 3. The molecule has 0 radical (unpaired) electrons. The molecule has 0 saturated heterocycles. The first-order valence-electron chi connectivity index (χ1n) is 7.13. The van der Waals surface area contributed by atoms with E-state index in [9.17, 15) is 22.8 Å². The molecule has 3 aromatic rings. The van der Waals surface area contributed by atoms with Crippen LogP contribution in [0.3, 0.4) is 0 Å². The van der Waals surface area contributed by atoms with E-state index in [2.05, 4.69) is 4.99 Å². The molecule has 0 atom stereocenters. The molecule has 0 aliphatic heterocycles. The molecule has 1 amide bonds. The van der Waals surface area contributed by atoms with Gasteiger partial charge in [-0.3, -0.25) is 4.79 Å². The van der Waals surface area contributed by atoms with E-state index < -0.39 is 40.5 Å². The third-order valence-electron chi connectivity index (χ3n) is 3.50. The number of fused-ring (bicyclic) bond motifs is 1. The molecule has 0 bridgehead atoms. The molecular weight excluding hydrogens is 351 g/mol. The number of hydrogen-bond acceptors (Lipinski definition) is 3. The summed E-state index contributed by atoms with van der Waals surface area (Å²) in [5.41, 5.74) is 8.55. The molecule has 4 N–H and O–H groups in total. The lowest BCUT2D eigenvalue weighted by Gasteiger charge is -2.09. The molecule has 132 valence electrons. The minimum absolute atomic E-state index is 0.0103. The van der Waals surface area contributed by atoms with Gasteiger partial charge in [0.25, 0.3) is 5.91 Å². The molecule has 0 aliphatic carbocycles. The van der Waals surface area contributed by atoms with Crippen LogP contribution in [-0.4, -0.2) is 11.9 Å². The number of nitrogens with zero attached hydrogens (tertiary/aromatic N) is 1. The zero-order valence-electron chi connectivity index (χ0n) is 12.9. The maximum absolute atomic E-state index is 14.2. The average molecular weight is 361 g/mol. The lowest BCUT2D eigenvalue weighted by Crippen LogP contribution is -2.24. The van der Waals surface area contributed by atoms with E-state index in [-0.39, 0.29) is 22.1 Å². The van der Waals surface area contributed by atoms with E-state index in [0.29, 0.717) is 12.1 Å². The smallest absolute Gasteiger partial charge is 0.336 e. The molecule has 0 spiro atoms. The Hall–Kier alpha value is -3.62. The zero-order chi connectivity index (χ0) is 19.0. The van der Waals surface area contributed by atoms with Crippen molar-refractivity contribution in [2.24, 2.45) is 16.5 Å². The van der Waals surface area contributed by atoms with Crippen LogP contribution in [0, 0.1) is 17.5 Å². The van der Waals surface area contributed by atoms with E-state index in [0.717, 1.165) is 6.07 Å². The molecule has 0 fully saturated rings. The molecule has 26 heavy (non-hydrogen) atoms. The highest BCUT2D eigenvalue weighted by Gasteiger charge is 2.19. The van der Waals surface area contributed by atoms with E-state index in [1.54, 1.807) is 0 Å². The lowest BCUT2D eigenvalue weighted by atomic mass is 9.99. The van der Waals surface area contributed by atoms with Crippen LogP contribution in [0.25, 0.3) is 22.1 Å². The average Bonchev–Trinajstić information content (AvgIpc) is 2.52. The first kappa shape index (κ1) is 17.2. The molecule has 1 heterocycles. The third-order valence-corrected chi connectivity index (χ3v) is 3.50. The molecule has 3 rings (SSSR count). The number of carbonyl (C=O) groups is 1. The Bertz CT molecular complexity index is 1110. The quantitative estimate of drug-likeness (QED) is 0.413. The molecule has 0 saturated carbocycles. The minimum atomic E-state index is -1.21. The van der Waals surface area contributed by atoms with Crippen molar-refractivity contribution >= 4 is 22.8 Å². The highest BCUT2D eigenvalue weighted by molar-refractivity contribution is 6.05. The highest BCUT2D eigenvalue weighted by Crippen LogP contribution is 2.32. The molecule has 2 aromatic carbocycles.